The topological polar surface area (TPSA) is 55.0 Å². The number of rotatable bonds is 4. The SMILES string of the molecule is COc1ccc(Br)c(CC(=O)c2ncc[nH]2)c1. The lowest BCUT2D eigenvalue weighted by molar-refractivity contribution is 0.0984. The van der Waals surface area contributed by atoms with E-state index in [0.717, 1.165) is 15.8 Å². The molecule has 2 aromatic rings. The number of H-pyrrole nitrogens is 1. The Bertz CT molecular complexity index is 523. The maximum absolute atomic E-state index is 11.9. The first-order valence-corrected chi connectivity index (χ1v) is 5.85. The molecule has 0 bridgehead atoms. The largest absolute Gasteiger partial charge is 0.497 e. The van der Waals surface area contributed by atoms with Gasteiger partial charge in [0.1, 0.15) is 5.75 Å². The zero-order chi connectivity index (χ0) is 12.3. The van der Waals surface area contributed by atoms with Crippen molar-refractivity contribution in [3.8, 4) is 5.75 Å². The third-order valence-electron chi connectivity index (χ3n) is 2.37. The maximum Gasteiger partial charge on any atom is 0.202 e. The van der Waals surface area contributed by atoms with Gasteiger partial charge in [0.15, 0.2) is 5.82 Å². The van der Waals surface area contributed by atoms with Gasteiger partial charge in [-0.1, -0.05) is 15.9 Å². The smallest absolute Gasteiger partial charge is 0.202 e. The highest BCUT2D eigenvalue weighted by atomic mass is 79.9. The molecule has 5 heteroatoms. The molecule has 1 aromatic heterocycles. The van der Waals surface area contributed by atoms with Gasteiger partial charge in [-0.05, 0) is 23.8 Å². The second-order valence-electron chi connectivity index (χ2n) is 3.50. The number of nitrogens with one attached hydrogen (secondary N) is 1. The summed E-state index contributed by atoms with van der Waals surface area (Å²) in [6, 6.07) is 5.54. The van der Waals surface area contributed by atoms with Crippen LogP contribution in [0.2, 0.25) is 0 Å². The van der Waals surface area contributed by atoms with Gasteiger partial charge in [0.25, 0.3) is 0 Å². The average Bonchev–Trinajstić information content (AvgIpc) is 2.85. The number of imidazole rings is 1. The molecular formula is C12H11BrN2O2. The first kappa shape index (κ1) is 11.9. The molecule has 0 amide bonds. The molecule has 0 aliphatic heterocycles. The van der Waals surface area contributed by atoms with E-state index in [0.29, 0.717) is 5.82 Å². The van der Waals surface area contributed by atoms with Crippen molar-refractivity contribution in [2.75, 3.05) is 7.11 Å². The normalized spacial score (nSPS) is 10.2. The number of Topliss-reactive ketones (excluding diaryl/α,β-unsaturated/α-hetero) is 1. The first-order valence-electron chi connectivity index (χ1n) is 5.05. The number of hydrogen-bond acceptors (Lipinski definition) is 3. The zero-order valence-corrected chi connectivity index (χ0v) is 10.8. The maximum atomic E-state index is 11.9. The van der Waals surface area contributed by atoms with Crippen molar-refractivity contribution in [3.63, 3.8) is 0 Å². The van der Waals surface area contributed by atoms with E-state index in [1.54, 1.807) is 19.5 Å². The number of carbonyl (C=O) groups is 1. The molecule has 0 atom stereocenters. The van der Waals surface area contributed by atoms with Gasteiger partial charge in [-0.3, -0.25) is 4.79 Å². The van der Waals surface area contributed by atoms with Crippen molar-refractivity contribution in [1.82, 2.24) is 9.97 Å². The predicted octanol–water partition coefficient (Wildman–Crippen LogP) is 2.61. The minimum Gasteiger partial charge on any atom is -0.497 e. The molecule has 1 heterocycles. The molecule has 88 valence electrons. The number of nitrogens with zero attached hydrogens (tertiary/aromatic N) is 1. The molecule has 0 radical (unpaired) electrons. The van der Waals surface area contributed by atoms with Gasteiger partial charge in [0.2, 0.25) is 5.78 Å². The van der Waals surface area contributed by atoms with E-state index in [2.05, 4.69) is 25.9 Å². The van der Waals surface area contributed by atoms with E-state index >= 15 is 0 Å². The second kappa shape index (κ2) is 5.14. The highest BCUT2D eigenvalue weighted by Crippen LogP contribution is 2.23. The molecule has 17 heavy (non-hydrogen) atoms. The summed E-state index contributed by atoms with van der Waals surface area (Å²) in [5, 5.41) is 0. The van der Waals surface area contributed by atoms with Crippen molar-refractivity contribution >= 4 is 21.7 Å². The summed E-state index contributed by atoms with van der Waals surface area (Å²) >= 11 is 3.41. The summed E-state index contributed by atoms with van der Waals surface area (Å²) in [6.45, 7) is 0. The number of ketones is 1. The molecule has 0 fully saturated rings. The van der Waals surface area contributed by atoms with Crippen LogP contribution in [0, 0.1) is 0 Å². The van der Waals surface area contributed by atoms with Gasteiger partial charge in [-0.25, -0.2) is 4.98 Å². The highest BCUT2D eigenvalue weighted by Gasteiger charge is 2.12. The van der Waals surface area contributed by atoms with E-state index in [9.17, 15) is 4.79 Å². The Morgan fingerprint density at radius 2 is 2.35 bits per heavy atom. The van der Waals surface area contributed by atoms with Crippen molar-refractivity contribution in [1.29, 1.82) is 0 Å². The van der Waals surface area contributed by atoms with Gasteiger partial charge in [-0.15, -0.1) is 0 Å². The van der Waals surface area contributed by atoms with E-state index in [-0.39, 0.29) is 12.2 Å². The minimum atomic E-state index is -0.0519. The van der Waals surface area contributed by atoms with Crippen LogP contribution < -0.4 is 4.74 Å². The predicted molar refractivity (Wildman–Crippen MR) is 67.3 cm³/mol. The van der Waals surface area contributed by atoms with E-state index in [1.807, 2.05) is 18.2 Å². The van der Waals surface area contributed by atoms with E-state index in [4.69, 9.17) is 4.74 Å². The number of benzene rings is 1. The van der Waals surface area contributed by atoms with Gasteiger partial charge < -0.3 is 9.72 Å². The Hall–Kier alpha value is -1.62. The summed E-state index contributed by atoms with van der Waals surface area (Å²) in [6.07, 6.45) is 3.48. The lowest BCUT2D eigenvalue weighted by Crippen LogP contribution is -2.06. The van der Waals surface area contributed by atoms with Crippen LogP contribution in [0.5, 0.6) is 5.75 Å². The van der Waals surface area contributed by atoms with Crippen LogP contribution in [0.25, 0.3) is 0 Å². The second-order valence-corrected chi connectivity index (χ2v) is 4.35. The highest BCUT2D eigenvalue weighted by molar-refractivity contribution is 9.10. The third kappa shape index (κ3) is 2.74. The summed E-state index contributed by atoms with van der Waals surface area (Å²) in [5.41, 5.74) is 0.880. The number of hydrogen-bond donors (Lipinski definition) is 1. The number of carbonyl (C=O) groups excluding carboxylic acids is 1. The molecule has 0 spiro atoms. The first-order chi connectivity index (χ1) is 8.20. The van der Waals surface area contributed by atoms with Crippen LogP contribution in [0.15, 0.2) is 35.1 Å². The fourth-order valence-electron chi connectivity index (χ4n) is 1.49. The number of aromatic nitrogens is 2. The Kier molecular flexibility index (Phi) is 3.58. The van der Waals surface area contributed by atoms with Crippen LogP contribution >= 0.6 is 15.9 Å². The molecule has 1 N–H and O–H groups in total. The molecule has 0 saturated carbocycles. The molecule has 0 saturated heterocycles. The van der Waals surface area contributed by atoms with Gasteiger partial charge in [0.05, 0.1) is 7.11 Å². The number of ether oxygens (including phenoxy) is 1. The number of aromatic amines is 1. The lowest BCUT2D eigenvalue weighted by atomic mass is 10.1. The lowest BCUT2D eigenvalue weighted by Gasteiger charge is -2.05. The fraction of sp³-hybridized carbons (Fsp3) is 0.167. The number of halogens is 1. The molecule has 0 aliphatic carbocycles. The third-order valence-corrected chi connectivity index (χ3v) is 3.14. The quantitative estimate of drug-likeness (QED) is 0.882. The van der Waals surface area contributed by atoms with E-state index in [1.165, 1.54) is 0 Å². The average molecular weight is 295 g/mol. The number of methoxy groups -OCH3 is 1. The Balaban J connectivity index is 2.21. The fourth-order valence-corrected chi connectivity index (χ4v) is 1.87. The summed E-state index contributed by atoms with van der Waals surface area (Å²) < 4.78 is 6.01. The Labute approximate surface area is 107 Å². The molecule has 0 aliphatic rings. The van der Waals surface area contributed by atoms with Crippen LogP contribution in [0.3, 0.4) is 0 Å². The van der Waals surface area contributed by atoms with Crippen LogP contribution in [0.4, 0.5) is 0 Å². The molecule has 4 nitrogen and oxygen atoms in total. The molecular weight excluding hydrogens is 284 g/mol. The van der Waals surface area contributed by atoms with Crippen LogP contribution in [-0.4, -0.2) is 22.9 Å². The van der Waals surface area contributed by atoms with Gasteiger partial charge >= 0.3 is 0 Å². The Morgan fingerprint density at radius 3 is 3.00 bits per heavy atom. The van der Waals surface area contributed by atoms with Crippen molar-refractivity contribution in [2.24, 2.45) is 0 Å². The summed E-state index contributed by atoms with van der Waals surface area (Å²) in [4.78, 5) is 18.6. The molecule has 0 unspecified atom stereocenters. The summed E-state index contributed by atoms with van der Waals surface area (Å²) in [7, 11) is 1.60. The zero-order valence-electron chi connectivity index (χ0n) is 9.24. The summed E-state index contributed by atoms with van der Waals surface area (Å²) in [5.74, 6) is 1.05. The van der Waals surface area contributed by atoms with E-state index < -0.39 is 0 Å². The minimum absolute atomic E-state index is 0.0519. The molecule has 2 rings (SSSR count). The van der Waals surface area contributed by atoms with Gasteiger partial charge in [0, 0.05) is 23.3 Å². The van der Waals surface area contributed by atoms with Gasteiger partial charge in [-0.2, -0.15) is 0 Å². The monoisotopic (exact) mass is 294 g/mol. The van der Waals surface area contributed by atoms with Crippen molar-refractivity contribution in [2.45, 2.75) is 6.42 Å². The van der Waals surface area contributed by atoms with Crippen LogP contribution in [-0.2, 0) is 6.42 Å². The Morgan fingerprint density at radius 1 is 1.53 bits per heavy atom. The van der Waals surface area contributed by atoms with Crippen molar-refractivity contribution in [3.05, 3.63) is 46.5 Å². The molecule has 1 aromatic carbocycles. The standard InChI is InChI=1S/C12H11BrN2O2/c1-17-9-2-3-10(13)8(6-9)7-11(16)12-14-4-5-15-12/h2-6H,7H2,1H3,(H,14,15). The van der Waals surface area contributed by atoms with Crippen LogP contribution in [0.1, 0.15) is 16.2 Å². The van der Waals surface area contributed by atoms with Crippen molar-refractivity contribution < 1.29 is 9.53 Å².